The van der Waals surface area contributed by atoms with E-state index in [-0.39, 0.29) is 11.5 Å². The van der Waals surface area contributed by atoms with E-state index in [0.29, 0.717) is 22.2 Å². The number of carbonyl (C=O) groups is 1. The van der Waals surface area contributed by atoms with E-state index in [0.717, 1.165) is 21.2 Å². The predicted octanol–water partition coefficient (Wildman–Crippen LogP) is 5.23. The predicted molar refractivity (Wildman–Crippen MR) is 101 cm³/mol. The third-order valence-corrected chi connectivity index (χ3v) is 5.39. The van der Waals surface area contributed by atoms with Crippen molar-refractivity contribution in [3.05, 3.63) is 52.3 Å². The summed E-state index contributed by atoms with van der Waals surface area (Å²) in [7, 11) is 1.39. The Bertz CT molecular complexity index is 993. The van der Waals surface area contributed by atoms with Gasteiger partial charge in [0.15, 0.2) is 10.7 Å². The van der Waals surface area contributed by atoms with E-state index in [1.165, 1.54) is 31.4 Å². The van der Waals surface area contributed by atoms with Gasteiger partial charge < -0.3 is 4.74 Å². The molecule has 2 aromatic heterocycles. The van der Waals surface area contributed by atoms with Crippen molar-refractivity contribution < 1.29 is 18.3 Å². The molecule has 4 nitrogen and oxygen atoms in total. The van der Waals surface area contributed by atoms with Gasteiger partial charge in [-0.3, -0.25) is 9.20 Å². The maximum atomic E-state index is 12.6. The van der Waals surface area contributed by atoms with E-state index >= 15 is 0 Å². The number of rotatable bonds is 6. The first-order valence-corrected chi connectivity index (χ1v) is 9.39. The van der Waals surface area contributed by atoms with Crippen LogP contribution in [0.3, 0.4) is 0 Å². The number of aryl methyl sites for hydroxylation is 2. The molecule has 0 amide bonds. The molecular weight excluding hydrogens is 378 g/mol. The molecule has 0 atom stereocenters. The average molecular weight is 394 g/mol. The highest BCUT2D eigenvalue weighted by Crippen LogP contribution is 2.34. The molecule has 0 aliphatic carbocycles. The van der Waals surface area contributed by atoms with Crippen molar-refractivity contribution in [1.82, 2.24) is 9.38 Å². The summed E-state index contributed by atoms with van der Waals surface area (Å²) in [5.74, 6) is -2.53. The van der Waals surface area contributed by atoms with Gasteiger partial charge in [0.2, 0.25) is 0 Å². The number of fused-ring (bicyclic) bond motifs is 1. The fraction of sp³-hybridized carbons (Fsp3) is 0.222. The fourth-order valence-corrected chi connectivity index (χ4v) is 4.02. The highest BCUT2D eigenvalue weighted by atomic mass is 32.2. The zero-order valence-corrected chi connectivity index (χ0v) is 16.0. The average Bonchev–Trinajstić information content (AvgIpc) is 3.07. The zero-order valence-electron chi connectivity index (χ0n) is 14.3. The van der Waals surface area contributed by atoms with Crippen LogP contribution in [0.1, 0.15) is 26.6 Å². The summed E-state index contributed by atoms with van der Waals surface area (Å²) >= 11 is 1.97. The van der Waals surface area contributed by atoms with Crippen LogP contribution < -0.4 is 4.74 Å². The third-order valence-electron chi connectivity index (χ3n) is 3.72. The van der Waals surface area contributed by atoms with Crippen LogP contribution in [0.4, 0.5) is 8.78 Å². The molecule has 0 saturated carbocycles. The van der Waals surface area contributed by atoms with Gasteiger partial charge in [-0.1, -0.05) is 11.8 Å². The maximum Gasteiger partial charge on any atom is 0.289 e. The molecule has 0 bridgehead atoms. The number of ether oxygens (including phenoxy) is 1. The number of halogens is 2. The van der Waals surface area contributed by atoms with Crippen molar-refractivity contribution in [2.45, 2.75) is 24.5 Å². The fourth-order valence-electron chi connectivity index (χ4n) is 2.55. The Kier molecular flexibility index (Phi) is 5.43. The molecule has 0 saturated heterocycles. The second-order valence-electron chi connectivity index (χ2n) is 5.52. The third kappa shape index (κ3) is 3.81. The first-order valence-electron chi connectivity index (χ1n) is 7.69. The summed E-state index contributed by atoms with van der Waals surface area (Å²) in [5, 5.41) is 0. The van der Waals surface area contributed by atoms with Gasteiger partial charge in [-0.05, 0) is 44.2 Å². The lowest BCUT2D eigenvalue weighted by Crippen LogP contribution is -1.97. The lowest BCUT2D eigenvalue weighted by Gasteiger charge is -2.08. The maximum absolute atomic E-state index is 12.6. The molecule has 0 spiro atoms. The van der Waals surface area contributed by atoms with Crippen LogP contribution in [-0.4, -0.2) is 28.0 Å². The summed E-state index contributed by atoms with van der Waals surface area (Å²) < 4.78 is 32.2. The first kappa shape index (κ1) is 18.6. The topological polar surface area (TPSA) is 43.6 Å². The lowest BCUT2D eigenvalue weighted by atomic mass is 10.1. The van der Waals surface area contributed by atoms with Crippen LogP contribution in [0.15, 0.2) is 35.4 Å². The molecule has 0 unspecified atom stereocenters. The number of hydrogen-bond acceptors (Lipinski definition) is 5. The number of hydrogen-bond donors (Lipinski definition) is 0. The van der Waals surface area contributed by atoms with E-state index in [9.17, 15) is 13.6 Å². The Morgan fingerprint density at radius 2 is 2.15 bits per heavy atom. The van der Waals surface area contributed by atoms with Crippen LogP contribution in [0.5, 0.6) is 5.75 Å². The zero-order chi connectivity index (χ0) is 18.8. The van der Waals surface area contributed by atoms with E-state index in [4.69, 9.17) is 4.74 Å². The van der Waals surface area contributed by atoms with E-state index < -0.39 is 5.76 Å². The Balaban J connectivity index is 1.87. The molecule has 0 fully saturated rings. The molecule has 2 heterocycles. The molecule has 0 radical (unpaired) electrons. The van der Waals surface area contributed by atoms with Crippen LogP contribution in [0.2, 0.25) is 0 Å². The number of allylic oxidation sites excluding steroid dienone is 1. The first-order chi connectivity index (χ1) is 12.4. The van der Waals surface area contributed by atoms with Gasteiger partial charge in [-0.25, -0.2) is 4.98 Å². The normalized spacial score (nSPS) is 11.8. The summed E-state index contributed by atoms with van der Waals surface area (Å²) in [6.07, 6.45) is 5.15. The van der Waals surface area contributed by atoms with Gasteiger partial charge in [0, 0.05) is 16.6 Å². The van der Waals surface area contributed by atoms with Gasteiger partial charge in [-0.15, -0.1) is 11.3 Å². The van der Waals surface area contributed by atoms with E-state index in [2.05, 4.69) is 4.98 Å². The Morgan fingerprint density at radius 3 is 2.85 bits per heavy atom. The quantitative estimate of drug-likeness (QED) is 0.326. The number of methoxy groups -OCH3 is 1. The van der Waals surface area contributed by atoms with E-state index in [1.54, 1.807) is 17.4 Å². The highest BCUT2D eigenvalue weighted by molar-refractivity contribution is 7.99. The monoisotopic (exact) mass is 394 g/mol. The van der Waals surface area contributed by atoms with Crippen molar-refractivity contribution in [2.75, 3.05) is 7.11 Å². The Morgan fingerprint density at radius 1 is 1.38 bits per heavy atom. The highest BCUT2D eigenvalue weighted by Gasteiger charge is 2.14. The second kappa shape index (κ2) is 7.59. The number of thiazole rings is 1. The SMILES string of the molecule is COc1cc(C(=O)C=Cc2c(C)nc3sc(C)cn23)ccc1SC(F)F. The number of thioether (sulfide) groups is 1. The molecule has 136 valence electrons. The van der Waals surface area contributed by atoms with Gasteiger partial charge >= 0.3 is 0 Å². The molecule has 26 heavy (non-hydrogen) atoms. The van der Waals surface area contributed by atoms with Gasteiger partial charge in [0.05, 0.1) is 23.4 Å². The largest absolute Gasteiger partial charge is 0.496 e. The Labute approximate surface area is 157 Å². The molecule has 0 aliphatic heterocycles. The molecular formula is C18H16F2N2O2S2. The van der Waals surface area contributed by atoms with Crippen molar-refractivity contribution in [2.24, 2.45) is 0 Å². The molecule has 1 aromatic carbocycles. The van der Waals surface area contributed by atoms with Gasteiger partial charge in [0.1, 0.15) is 5.75 Å². The van der Waals surface area contributed by atoms with Crippen LogP contribution >= 0.6 is 23.1 Å². The minimum atomic E-state index is -2.55. The number of aromatic nitrogens is 2. The molecule has 3 rings (SSSR count). The molecule has 0 N–H and O–H groups in total. The van der Waals surface area contributed by atoms with Crippen molar-refractivity contribution >= 4 is 39.9 Å². The minimum Gasteiger partial charge on any atom is -0.496 e. The minimum absolute atomic E-state index is 0.238. The summed E-state index contributed by atoms with van der Waals surface area (Å²) in [4.78, 5) is 19.2. The second-order valence-corrected chi connectivity index (χ2v) is 7.76. The molecule has 0 aliphatic rings. The van der Waals surface area contributed by atoms with Crippen LogP contribution in [-0.2, 0) is 0 Å². The van der Waals surface area contributed by atoms with Crippen LogP contribution in [0, 0.1) is 13.8 Å². The number of alkyl halides is 2. The summed E-state index contributed by atoms with van der Waals surface area (Å²) in [6, 6.07) is 4.47. The number of imidazole rings is 1. The Hall–Kier alpha value is -2.19. The number of nitrogens with zero attached hydrogens (tertiary/aromatic N) is 2. The molecule has 8 heteroatoms. The van der Waals surface area contributed by atoms with Gasteiger partial charge in [-0.2, -0.15) is 8.78 Å². The standard InChI is InChI=1S/C18H16F2N2O2S2/c1-10-9-22-13(11(2)21-18(22)25-10)5-6-14(23)12-4-7-16(26-17(19)20)15(8-12)24-3/h4-9,17H,1-3H3. The van der Waals surface area contributed by atoms with E-state index in [1.807, 2.05) is 24.4 Å². The van der Waals surface area contributed by atoms with Crippen molar-refractivity contribution in [1.29, 1.82) is 0 Å². The summed E-state index contributed by atoms with van der Waals surface area (Å²) in [5.41, 5.74) is 2.05. The number of carbonyl (C=O) groups excluding carboxylic acids is 1. The van der Waals surface area contributed by atoms with Crippen LogP contribution in [0.25, 0.3) is 11.0 Å². The van der Waals surface area contributed by atoms with Gasteiger partial charge in [0.25, 0.3) is 5.76 Å². The van der Waals surface area contributed by atoms with Crippen molar-refractivity contribution in [3.8, 4) is 5.75 Å². The van der Waals surface area contributed by atoms with Crippen molar-refractivity contribution in [3.63, 3.8) is 0 Å². The lowest BCUT2D eigenvalue weighted by molar-refractivity contribution is 0.104. The smallest absolute Gasteiger partial charge is 0.289 e. The molecule has 3 aromatic rings. The number of ketones is 1. The number of benzene rings is 1. The summed E-state index contributed by atoms with van der Waals surface area (Å²) in [6.45, 7) is 3.89.